The van der Waals surface area contributed by atoms with Gasteiger partial charge in [0.2, 0.25) is 0 Å². The lowest BCUT2D eigenvalue weighted by molar-refractivity contribution is 0.194. The number of methoxy groups -OCH3 is 1. The first-order valence-corrected chi connectivity index (χ1v) is 10.7. The molecule has 5 nitrogen and oxygen atoms in total. The van der Waals surface area contributed by atoms with E-state index in [4.69, 9.17) is 16.3 Å². The Morgan fingerprint density at radius 3 is 2.59 bits per heavy atom. The van der Waals surface area contributed by atoms with Crippen molar-refractivity contribution >= 4 is 23.3 Å². The van der Waals surface area contributed by atoms with Gasteiger partial charge in [-0.3, -0.25) is 0 Å². The number of benzene rings is 3. The topological polar surface area (TPSA) is 46.5 Å². The molecule has 0 spiro atoms. The molecular weight excluding hydrogens is 422 g/mol. The maximum Gasteiger partial charge on any atom is 0.322 e. The van der Waals surface area contributed by atoms with Gasteiger partial charge in [-0.25, -0.2) is 4.79 Å². The monoisotopic (exact) mass is 443 g/mol. The average molecular weight is 444 g/mol. The van der Waals surface area contributed by atoms with Crippen LogP contribution in [0.3, 0.4) is 0 Å². The molecular formula is C26H22ClN3O2. The highest BCUT2D eigenvalue weighted by molar-refractivity contribution is 6.30. The van der Waals surface area contributed by atoms with Crippen molar-refractivity contribution in [2.75, 3.05) is 12.4 Å². The molecule has 160 valence electrons. The number of halogens is 1. The lowest BCUT2D eigenvalue weighted by Gasteiger charge is -2.31. The standard InChI is InChI=1S/C26H22ClN3O2/c1-32-22-13-11-21(12-14-22)28-26(31)30-17-19-6-2-3-9-23(19)29-15-5-10-24(29)25(30)18-7-4-8-20(27)16-18/h2-16,25H,17H2,1H3,(H,28,31)/t25-/m1/s1. The van der Waals surface area contributed by atoms with Crippen molar-refractivity contribution in [2.24, 2.45) is 0 Å². The Hall–Kier alpha value is -3.70. The van der Waals surface area contributed by atoms with Gasteiger partial charge in [0.05, 0.1) is 25.4 Å². The number of fused-ring (bicyclic) bond motifs is 3. The first-order chi connectivity index (χ1) is 15.6. The van der Waals surface area contributed by atoms with Crippen LogP contribution in [-0.4, -0.2) is 22.6 Å². The Bertz CT molecular complexity index is 1270. The summed E-state index contributed by atoms with van der Waals surface area (Å²) in [7, 11) is 1.62. The molecule has 0 unspecified atom stereocenters. The van der Waals surface area contributed by atoms with Gasteiger partial charge in [-0.1, -0.05) is 41.9 Å². The van der Waals surface area contributed by atoms with Crippen LogP contribution in [0.4, 0.5) is 10.5 Å². The van der Waals surface area contributed by atoms with Crippen LogP contribution >= 0.6 is 11.6 Å². The van der Waals surface area contributed by atoms with Crippen molar-refractivity contribution in [1.29, 1.82) is 0 Å². The fraction of sp³-hybridized carbons (Fsp3) is 0.115. The Balaban J connectivity index is 1.60. The quantitative estimate of drug-likeness (QED) is 0.405. The molecule has 4 aromatic rings. The molecule has 0 fully saturated rings. The largest absolute Gasteiger partial charge is 0.497 e. The summed E-state index contributed by atoms with van der Waals surface area (Å²) in [4.78, 5) is 15.5. The summed E-state index contributed by atoms with van der Waals surface area (Å²) in [5, 5.41) is 3.69. The number of carbonyl (C=O) groups excluding carboxylic acids is 1. The molecule has 1 aromatic heterocycles. The Morgan fingerprint density at radius 2 is 1.81 bits per heavy atom. The number of hydrogen-bond acceptors (Lipinski definition) is 2. The van der Waals surface area contributed by atoms with Gasteiger partial charge in [0.15, 0.2) is 0 Å². The molecule has 2 heterocycles. The summed E-state index contributed by atoms with van der Waals surface area (Å²) < 4.78 is 7.38. The van der Waals surface area contributed by atoms with Crippen LogP contribution < -0.4 is 10.1 Å². The van der Waals surface area contributed by atoms with E-state index in [-0.39, 0.29) is 12.1 Å². The average Bonchev–Trinajstić information content (AvgIpc) is 3.23. The lowest BCUT2D eigenvalue weighted by Crippen LogP contribution is -2.37. The second-order valence-corrected chi connectivity index (χ2v) is 8.11. The van der Waals surface area contributed by atoms with E-state index in [0.717, 1.165) is 28.3 Å². The summed E-state index contributed by atoms with van der Waals surface area (Å²) in [5.41, 5.74) is 4.80. The third-order valence-electron chi connectivity index (χ3n) is 5.73. The minimum absolute atomic E-state index is 0.190. The van der Waals surface area contributed by atoms with Crippen molar-refractivity contribution in [1.82, 2.24) is 9.47 Å². The number of anilines is 1. The number of hydrogen-bond donors (Lipinski definition) is 1. The summed E-state index contributed by atoms with van der Waals surface area (Å²) in [5.74, 6) is 0.737. The van der Waals surface area contributed by atoms with E-state index in [1.54, 1.807) is 7.11 Å². The molecule has 5 rings (SSSR count). The predicted molar refractivity (Wildman–Crippen MR) is 127 cm³/mol. The molecule has 3 aromatic carbocycles. The molecule has 6 heteroatoms. The zero-order valence-corrected chi connectivity index (χ0v) is 18.3. The number of aromatic nitrogens is 1. The van der Waals surface area contributed by atoms with Crippen molar-refractivity contribution in [2.45, 2.75) is 12.6 Å². The van der Waals surface area contributed by atoms with Crippen molar-refractivity contribution in [3.8, 4) is 11.4 Å². The number of rotatable bonds is 3. The van der Waals surface area contributed by atoms with Gasteiger partial charge in [0, 0.05) is 22.6 Å². The van der Waals surface area contributed by atoms with Crippen molar-refractivity contribution in [3.05, 3.63) is 113 Å². The Kier molecular flexibility index (Phi) is 5.33. The van der Waals surface area contributed by atoms with E-state index < -0.39 is 0 Å². The Morgan fingerprint density at radius 1 is 1.00 bits per heavy atom. The Labute approximate surface area is 191 Å². The molecule has 1 aliphatic heterocycles. The molecule has 1 N–H and O–H groups in total. The minimum Gasteiger partial charge on any atom is -0.497 e. The van der Waals surface area contributed by atoms with Crippen LogP contribution in [0.2, 0.25) is 5.02 Å². The second kappa shape index (κ2) is 8.44. The summed E-state index contributed by atoms with van der Waals surface area (Å²) in [6.45, 7) is 0.455. The molecule has 2 amide bonds. The number of carbonyl (C=O) groups is 1. The van der Waals surface area contributed by atoms with E-state index in [9.17, 15) is 4.79 Å². The molecule has 32 heavy (non-hydrogen) atoms. The lowest BCUT2D eigenvalue weighted by atomic mass is 10.0. The third-order valence-corrected chi connectivity index (χ3v) is 5.97. The molecule has 0 bridgehead atoms. The first kappa shape index (κ1) is 20.2. The zero-order valence-electron chi connectivity index (χ0n) is 17.5. The van der Waals surface area contributed by atoms with Crippen molar-refractivity contribution < 1.29 is 9.53 Å². The minimum atomic E-state index is -0.311. The molecule has 0 aliphatic carbocycles. The number of nitrogens with zero attached hydrogens (tertiary/aromatic N) is 2. The number of para-hydroxylation sites is 1. The van der Waals surface area contributed by atoms with Gasteiger partial charge in [0.25, 0.3) is 0 Å². The van der Waals surface area contributed by atoms with Crippen LogP contribution in [0.15, 0.2) is 91.1 Å². The highest BCUT2D eigenvalue weighted by Crippen LogP contribution is 2.37. The van der Waals surface area contributed by atoms with Gasteiger partial charge < -0.3 is 19.5 Å². The number of ether oxygens (including phenoxy) is 1. The van der Waals surface area contributed by atoms with Crippen LogP contribution in [-0.2, 0) is 6.54 Å². The third kappa shape index (κ3) is 3.72. The van der Waals surface area contributed by atoms with Crippen LogP contribution in [0.5, 0.6) is 5.75 Å². The van der Waals surface area contributed by atoms with Crippen molar-refractivity contribution in [3.63, 3.8) is 0 Å². The molecule has 1 aliphatic rings. The highest BCUT2D eigenvalue weighted by Gasteiger charge is 2.33. The van der Waals surface area contributed by atoms with E-state index in [1.807, 2.05) is 77.8 Å². The fourth-order valence-electron chi connectivity index (χ4n) is 4.24. The van der Waals surface area contributed by atoms with E-state index >= 15 is 0 Å². The maximum absolute atomic E-state index is 13.6. The van der Waals surface area contributed by atoms with E-state index in [1.165, 1.54) is 0 Å². The number of nitrogens with one attached hydrogen (secondary N) is 1. The van der Waals surface area contributed by atoms with Crippen LogP contribution in [0.1, 0.15) is 22.9 Å². The SMILES string of the molecule is COc1ccc(NC(=O)N2Cc3ccccc3-n3cccc3[C@H]2c2cccc(Cl)c2)cc1. The summed E-state index contributed by atoms with van der Waals surface area (Å²) >= 11 is 6.34. The second-order valence-electron chi connectivity index (χ2n) is 7.68. The normalized spacial score (nSPS) is 14.8. The number of urea groups is 1. The maximum atomic E-state index is 13.6. The van der Waals surface area contributed by atoms with E-state index in [2.05, 4.69) is 28.1 Å². The number of amides is 2. The molecule has 0 radical (unpaired) electrons. The van der Waals surface area contributed by atoms with Gasteiger partial charge >= 0.3 is 6.03 Å². The van der Waals surface area contributed by atoms with E-state index in [0.29, 0.717) is 17.3 Å². The zero-order chi connectivity index (χ0) is 22.1. The van der Waals surface area contributed by atoms with Gasteiger partial charge in [-0.05, 0) is 65.7 Å². The first-order valence-electron chi connectivity index (χ1n) is 10.4. The van der Waals surface area contributed by atoms with Crippen LogP contribution in [0.25, 0.3) is 5.69 Å². The van der Waals surface area contributed by atoms with Gasteiger partial charge in [-0.15, -0.1) is 0 Å². The molecule has 0 saturated heterocycles. The van der Waals surface area contributed by atoms with Gasteiger partial charge in [-0.2, -0.15) is 0 Å². The summed E-state index contributed by atoms with van der Waals surface area (Å²) in [6, 6.07) is 26.7. The fourth-order valence-corrected chi connectivity index (χ4v) is 4.44. The predicted octanol–water partition coefficient (Wildman–Crippen LogP) is 6.28. The molecule has 0 saturated carbocycles. The smallest absolute Gasteiger partial charge is 0.322 e. The highest BCUT2D eigenvalue weighted by atomic mass is 35.5. The molecule has 1 atom stereocenters. The summed E-state index contributed by atoms with van der Waals surface area (Å²) in [6.07, 6.45) is 2.04. The van der Waals surface area contributed by atoms with Crippen LogP contribution in [0, 0.1) is 0 Å². The van der Waals surface area contributed by atoms with Gasteiger partial charge in [0.1, 0.15) is 5.75 Å².